The Morgan fingerprint density at radius 2 is 1.77 bits per heavy atom. The van der Waals surface area contributed by atoms with Crippen LogP contribution in [0.25, 0.3) is 0 Å². The lowest BCUT2D eigenvalue weighted by Gasteiger charge is -2.33. The molecule has 4 aromatic heterocycles. The molecule has 6 nitrogen and oxygen atoms in total. The van der Waals surface area contributed by atoms with Crippen LogP contribution in [-0.2, 0) is 6.42 Å². The molecule has 150 valence electrons. The van der Waals surface area contributed by atoms with E-state index in [4.69, 9.17) is 16.3 Å². The molecule has 0 aliphatic carbocycles. The van der Waals surface area contributed by atoms with Gasteiger partial charge in [-0.15, -0.1) is 0 Å². The summed E-state index contributed by atoms with van der Waals surface area (Å²) in [5.41, 5.74) is 3.00. The van der Waals surface area contributed by atoms with Crippen LogP contribution in [0, 0.1) is 0 Å². The molecule has 1 atom stereocenters. The maximum absolute atomic E-state index is 6.23. The highest BCUT2D eigenvalue weighted by Gasteiger charge is 2.25. The Hall–Kier alpha value is -3.51. The lowest BCUT2D eigenvalue weighted by Crippen LogP contribution is -2.27. The number of ether oxygens (including phenoxy) is 1. The first kappa shape index (κ1) is 19.8. The average Bonchev–Trinajstić information content (AvgIpc) is 2.80. The van der Waals surface area contributed by atoms with Gasteiger partial charge in [0.1, 0.15) is 11.0 Å². The summed E-state index contributed by atoms with van der Waals surface area (Å²) in [6.45, 7) is 0. The monoisotopic (exact) mass is 417 g/mol. The van der Waals surface area contributed by atoms with Crippen LogP contribution >= 0.6 is 11.6 Å². The quantitative estimate of drug-likeness (QED) is 0.392. The van der Waals surface area contributed by atoms with Crippen LogP contribution in [0.15, 0.2) is 85.6 Å². The first-order valence-electron chi connectivity index (χ1n) is 9.45. The number of aromatic nitrogens is 4. The molecule has 7 heteroatoms. The normalized spacial score (nSPS) is 11.7. The van der Waals surface area contributed by atoms with Crippen LogP contribution in [0.4, 0.5) is 11.5 Å². The van der Waals surface area contributed by atoms with Gasteiger partial charge in [0, 0.05) is 30.9 Å². The molecule has 0 aliphatic rings. The molecule has 0 aliphatic heterocycles. The molecule has 0 fully saturated rings. The van der Waals surface area contributed by atoms with Crippen LogP contribution in [-0.4, -0.2) is 27.0 Å². The van der Waals surface area contributed by atoms with E-state index in [0.29, 0.717) is 17.5 Å². The van der Waals surface area contributed by atoms with Gasteiger partial charge in [0.2, 0.25) is 5.88 Å². The first-order chi connectivity index (χ1) is 14.7. The molecule has 1 unspecified atom stereocenters. The van der Waals surface area contributed by atoms with Gasteiger partial charge in [-0.05, 0) is 47.9 Å². The van der Waals surface area contributed by atoms with Crippen LogP contribution in [0.2, 0.25) is 5.15 Å². The van der Waals surface area contributed by atoms with Gasteiger partial charge in [-0.2, -0.15) is 0 Å². The summed E-state index contributed by atoms with van der Waals surface area (Å²) in [5.74, 6) is 1.29. The van der Waals surface area contributed by atoms with E-state index in [2.05, 4.69) is 30.9 Å². The molecule has 0 radical (unpaired) electrons. The van der Waals surface area contributed by atoms with Crippen molar-refractivity contribution < 1.29 is 4.74 Å². The number of methoxy groups -OCH3 is 1. The van der Waals surface area contributed by atoms with Crippen molar-refractivity contribution in [2.45, 2.75) is 12.5 Å². The third kappa shape index (κ3) is 4.55. The summed E-state index contributed by atoms with van der Waals surface area (Å²) < 4.78 is 5.24. The smallest absolute Gasteiger partial charge is 0.212 e. The van der Waals surface area contributed by atoms with Crippen molar-refractivity contribution in [3.05, 3.63) is 102 Å². The van der Waals surface area contributed by atoms with Crippen molar-refractivity contribution in [2.24, 2.45) is 0 Å². The van der Waals surface area contributed by atoms with E-state index in [-0.39, 0.29) is 6.04 Å². The van der Waals surface area contributed by atoms with Gasteiger partial charge < -0.3 is 9.64 Å². The molecule has 30 heavy (non-hydrogen) atoms. The highest BCUT2D eigenvalue weighted by molar-refractivity contribution is 6.29. The van der Waals surface area contributed by atoms with E-state index in [9.17, 15) is 0 Å². The summed E-state index contributed by atoms with van der Waals surface area (Å²) in [4.78, 5) is 19.7. The standard InChI is InChI=1S/C23H20ClN5O/c1-30-23-10-9-18(15-27-23)20(13-17-5-3-11-25-14-17)29(19-6-4-12-26-16-19)22-8-2-7-21(24)28-22/h2-12,14-16,20H,13H2,1H3. The van der Waals surface area contributed by atoms with E-state index in [0.717, 1.165) is 22.6 Å². The average molecular weight is 418 g/mol. The zero-order valence-corrected chi connectivity index (χ0v) is 17.1. The summed E-state index contributed by atoms with van der Waals surface area (Å²) in [5, 5.41) is 0.425. The Morgan fingerprint density at radius 1 is 0.933 bits per heavy atom. The van der Waals surface area contributed by atoms with Crippen LogP contribution < -0.4 is 9.64 Å². The molecule has 0 saturated carbocycles. The molecule has 0 aromatic carbocycles. The Morgan fingerprint density at radius 3 is 2.40 bits per heavy atom. The zero-order chi connectivity index (χ0) is 20.8. The molecule has 0 amide bonds. The number of anilines is 2. The molecule has 4 aromatic rings. The van der Waals surface area contributed by atoms with Crippen molar-refractivity contribution in [1.82, 2.24) is 19.9 Å². The lowest BCUT2D eigenvalue weighted by molar-refractivity contribution is 0.397. The Kier molecular flexibility index (Phi) is 6.15. The van der Waals surface area contributed by atoms with E-state index < -0.39 is 0 Å². The van der Waals surface area contributed by atoms with Gasteiger partial charge in [-0.25, -0.2) is 9.97 Å². The second-order valence-corrected chi connectivity index (χ2v) is 7.00. The van der Waals surface area contributed by atoms with Crippen molar-refractivity contribution in [3.63, 3.8) is 0 Å². The Balaban J connectivity index is 1.85. The molecular weight excluding hydrogens is 398 g/mol. The highest BCUT2D eigenvalue weighted by Crippen LogP contribution is 2.36. The molecule has 0 bridgehead atoms. The van der Waals surface area contributed by atoms with E-state index in [1.165, 1.54) is 0 Å². The fourth-order valence-electron chi connectivity index (χ4n) is 3.31. The summed E-state index contributed by atoms with van der Waals surface area (Å²) in [6.07, 6.45) is 9.72. The van der Waals surface area contributed by atoms with Crippen molar-refractivity contribution in [1.29, 1.82) is 0 Å². The van der Waals surface area contributed by atoms with E-state index in [1.54, 1.807) is 25.6 Å². The largest absolute Gasteiger partial charge is 0.481 e. The maximum Gasteiger partial charge on any atom is 0.212 e. The van der Waals surface area contributed by atoms with Crippen molar-refractivity contribution >= 4 is 23.1 Å². The number of hydrogen-bond donors (Lipinski definition) is 0. The van der Waals surface area contributed by atoms with Gasteiger partial charge in [0.05, 0.1) is 25.0 Å². The lowest BCUT2D eigenvalue weighted by atomic mass is 9.98. The van der Waals surface area contributed by atoms with Gasteiger partial charge in [0.25, 0.3) is 0 Å². The maximum atomic E-state index is 6.23. The van der Waals surface area contributed by atoms with Crippen LogP contribution in [0.3, 0.4) is 0 Å². The zero-order valence-electron chi connectivity index (χ0n) is 16.4. The number of halogens is 1. The molecular formula is C23H20ClN5O. The van der Waals surface area contributed by atoms with Crippen molar-refractivity contribution in [2.75, 3.05) is 12.0 Å². The second-order valence-electron chi connectivity index (χ2n) is 6.61. The highest BCUT2D eigenvalue weighted by atomic mass is 35.5. The van der Waals surface area contributed by atoms with Crippen molar-refractivity contribution in [3.8, 4) is 5.88 Å². The topological polar surface area (TPSA) is 64.0 Å². The molecule has 0 spiro atoms. The van der Waals surface area contributed by atoms with E-state index >= 15 is 0 Å². The third-order valence-corrected chi connectivity index (χ3v) is 4.90. The predicted octanol–water partition coefficient (Wildman–Crippen LogP) is 5.05. The van der Waals surface area contributed by atoms with Crippen LogP contribution in [0.5, 0.6) is 5.88 Å². The van der Waals surface area contributed by atoms with Gasteiger partial charge in [-0.1, -0.05) is 29.8 Å². The van der Waals surface area contributed by atoms with Gasteiger partial charge in [0.15, 0.2) is 0 Å². The minimum absolute atomic E-state index is 0.122. The molecule has 4 rings (SSSR count). The fraction of sp³-hybridized carbons (Fsp3) is 0.130. The molecule has 0 N–H and O–H groups in total. The first-order valence-corrected chi connectivity index (χ1v) is 9.83. The Bertz CT molecular complexity index is 1080. The minimum atomic E-state index is -0.122. The number of nitrogens with zero attached hydrogens (tertiary/aromatic N) is 5. The summed E-state index contributed by atoms with van der Waals surface area (Å²) in [7, 11) is 1.60. The van der Waals surface area contributed by atoms with E-state index in [1.807, 2.05) is 61.1 Å². The summed E-state index contributed by atoms with van der Waals surface area (Å²) >= 11 is 6.23. The Labute approximate surface area is 180 Å². The van der Waals surface area contributed by atoms with Gasteiger partial charge in [-0.3, -0.25) is 9.97 Å². The molecule has 0 saturated heterocycles. The predicted molar refractivity (Wildman–Crippen MR) is 117 cm³/mol. The third-order valence-electron chi connectivity index (χ3n) is 4.69. The van der Waals surface area contributed by atoms with Gasteiger partial charge >= 0.3 is 0 Å². The SMILES string of the molecule is COc1ccc(C(Cc2cccnc2)N(c2cccnc2)c2cccc(Cl)n2)cn1. The number of pyridine rings is 4. The molecule has 4 heterocycles. The summed E-state index contributed by atoms with van der Waals surface area (Å²) in [6, 6.07) is 17.2. The number of hydrogen-bond acceptors (Lipinski definition) is 6. The second kappa shape index (κ2) is 9.33. The van der Waals surface area contributed by atoms with Crippen LogP contribution in [0.1, 0.15) is 17.2 Å². The minimum Gasteiger partial charge on any atom is -0.481 e. The number of rotatable bonds is 7. The fourth-order valence-corrected chi connectivity index (χ4v) is 3.47.